The third-order valence-electron chi connectivity index (χ3n) is 4.83. The Morgan fingerprint density at radius 1 is 0.613 bits per heavy atom. The largest absolute Gasteiger partial charge is 0.288 e. The zero-order chi connectivity index (χ0) is 20.9. The van der Waals surface area contributed by atoms with Crippen molar-refractivity contribution in [2.75, 3.05) is 0 Å². The molecule has 0 amide bonds. The number of carbonyl (C=O) groups is 1. The van der Waals surface area contributed by atoms with Crippen LogP contribution < -0.4 is 0 Å². The summed E-state index contributed by atoms with van der Waals surface area (Å²) in [6.45, 7) is 0. The molecule has 0 saturated heterocycles. The maximum atomic E-state index is 13.6. The molecule has 31 heavy (non-hydrogen) atoms. The quantitative estimate of drug-likeness (QED) is 0.172. The second-order valence-corrected chi connectivity index (χ2v) is 8.58. The second-order valence-electron chi connectivity index (χ2n) is 6.75. The topological polar surface area (TPSA) is 42.9 Å². The minimum absolute atomic E-state index is 0. The molecule has 2 heterocycles. The molecule has 156 valence electrons. The van der Waals surface area contributed by atoms with Crippen LogP contribution in [0.4, 0.5) is 0 Å². The summed E-state index contributed by atoms with van der Waals surface area (Å²) in [5.74, 6) is -0.0954. The molecule has 0 aliphatic heterocycles. The maximum Gasteiger partial charge on any atom is 0.196 e. The van der Waals surface area contributed by atoms with Crippen molar-refractivity contribution < 1.29 is 4.79 Å². The summed E-state index contributed by atoms with van der Waals surface area (Å²) in [5.41, 5.74) is 4.58. The molecule has 4 aromatic rings. The van der Waals surface area contributed by atoms with Crippen molar-refractivity contribution in [2.45, 2.75) is 9.65 Å². The van der Waals surface area contributed by atoms with E-state index in [0.717, 1.165) is 11.1 Å². The number of benzene rings is 2. The summed E-state index contributed by atoms with van der Waals surface area (Å²) < 4.78 is 0. The van der Waals surface area contributed by atoms with E-state index in [4.69, 9.17) is 0 Å². The van der Waals surface area contributed by atoms with Gasteiger partial charge in [-0.1, -0.05) is 92.5 Å². The molecule has 0 aliphatic rings. The van der Waals surface area contributed by atoms with Crippen LogP contribution in [-0.2, 0) is 0 Å². The summed E-state index contributed by atoms with van der Waals surface area (Å²) in [7, 11) is 0. The van der Waals surface area contributed by atoms with Gasteiger partial charge in [0.05, 0.1) is 21.0 Å². The standard InChI is InChI=1S/C25H18Br2N2O.BrH/c26-21(17-9-3-1-4-10-17)23-19(13-7-15-28-23)25(30)20-14-8-16-29-24(20)22(27)18-11-5-2-6-12-18;/h1-16,21-22H;1H. The van der Waals surface area contributed by atoms with E-state index in [2.05, 4.69) is 41.8 Å². The molecule has 2 aromatic heterocycles. The smallest absolute Gasteiger partial charge is 0.196 e. The van der Waals surface area contributed by atoms with E-state index < -0.39 is 0 Å². The number of aromatic nitrogens is 2. The van der Waals surface area contributed by atoms with Crippen LogP contribution in [-0.4, -0.2) is 15.8 Å². The lowest BCUT2D eigenvalue weighted by Crippen LogP contribution is -2.13. The maximum absolute atomic E-state index is 13.6. The number of rotatable bonds is 6. The van der Waals surface area contributed by atoms with Gasteiger partial charge in [0, 0.05) is 23.5 Å². The first-order valence-corrected chi connectivity index (χ1v) is 11.3. The van der Waals surface area contributed by atoms with E-state index in [1.54, 1.807) is 24.5 Å². The average Bonchev–Trinajstić information content (AvgIpc) is 2.84. The normalized spacial score (nSPS) is 12.5. The first-order valence-electron chi connectivity index (χ1n) is 9.49. The Hall–Kier alpha value is -2.15. The fourth-order valence-corrected chi connectivity index (χ4v) is 4.67. The lowest BCUT2D eigenvalue weighted by molar-refractivity contribution is 0.103. The Kier molecular flexibility index (Phi) is 8.29. The number of nitrogens with zero attached hydrogens (tertiary/aromatic N) is 2. The number of carbonyl (C=O) groups excluding carboxylic acids is 1. The molecule has 0 aliphatic carbocycles. The van der Waals surface area contributed by atoms with Gasteiger partial charge in [0.15, 0.2) is 5.78 Å². The van der Waals surface area contributed by atoms with Crippen molar-refractivity contribution in [2.24, 2.45) is 0 Å². The molecule has 6 heteroatoms. The van der Waals surface area contributed by atoms with Crippen molar-refractivity contribution >= 4 is 54.6 Å². The van der Waals surface area contributed by atoms with Gasteiger partial charge >= 0.3 is 0 Å². The third kappa shape index (κ3) is 5.20. The highest BCUT2D eigenvalue weighted by molar-refractivity contribution is 9.09. The predicted molar refractivity (Wildman–Crippen MR) is 137 cm³/mol. The van der Waals surface area contributed by atoms with E-state index in [1.165, 1.54) is 0 Å². The van der Waals surface area contributed by atoms with Gasteiger partial charge in [0.2, 0.25) is 0 Å². The Bertz CT molecular complexity index is 1060. The van der Waals surface area contributed by atoms with Gasteiger partial charge in [-0.05, 0) is 35.4 Å². The number of alkyl halides is 2. The van der Waals surface area contributed by atoms with E-state index >= 15 is 0 Å². The molecular weight excluding hydrogens is 584 g/mol. The molecule has 2 atom stereocenters. The van der Waals surface area contributed by atoms with Crippen LogP contribution in [0.1, 0.15) is 48.1 Å². The van der Waals surface area contributed by atoms with Gasteiger partial charge in [-0.25, -0.2) is 0 Å². The molecule has 0 bridgehead atoms. The molecular formula is C25H19Br3N2O. The second kappa shape index (κ2) is 10.9. The van der Waals surface area contributed by atoms with Crippen LogP contribution in [0.3, 0.4) is 0 Å². The minimum Gasteiger partial charge on any atom is -0.288 e. The fraction of sp³-hybridized carbons (Fsp3) is 0.0800. The van der Waals surface area contributed by atoms with Crippen LogP contribution >= 0.6 is 48.8 Å². The van der Waals surface area contributed by atoms with Crippen molar-refractivity contribution in [3.8, 4) is 0 Å². The molecule has 3 nitrogen and oxygen atoms in total. The lowest BCUT2D eigenvalue weighted by Gasteiger charge is -2.17. The number of hydrogen-bond acceptors (Lipinski definition) is 3. The average molecular weight is 603 g/mol. The van der Waals surface area contributed by atoms with E-state index in [9.17, 15) is 4.79 Å². The zero-order valence-corrected chi connectivity index (χ0v) is 21.2. The Labute approximate surface area is 209 Å². The Morgan fingerprint density at radius 2 is 1.00 bits per heavy atom. The summed E-state index contributed by atoms with van der Waals surface area (Å²) >= 11 is 7.46. The van der Waals surface area contributed by atoms with Crippen molar-refractivity contribution in [3.05, 3.63) is 131 Å². The summed E-state index contributed by atoms with van der Waals surface area (Å²) in [5, 5.41) is 0. The number of halogens is 3. The summed E-state index contributed by atoms with van der Waals surface area (Å²) in [6, 6.07) is 27.1. The van der Waals surface area contributed by atoms with Crippen LogP contribution in [0.15, 0.2) is 97.3 Å². The van der Waals surface area contributed by atoms with Gasteiger partial charge in [-0.2, -0.15) is 0 Å². The van der Waals surface area contributed by atoms with Gasteiger partial charge in [0.1, 0.15) is 0 Å². The highest BCUT2D eigenvalue weighted by Gasteiger charge is 2.25. The van der Waals surface area contributed by atoms with Crippen LogP contribution in [0.5, 0.6) is 0 Å². The van der Waals surface area contributed by atoms with Crippen LogP contribution in [0.25, 0.3) is 0 Å². The van der Waals surface area contributed by atoms with Gasteiger partial charge in [0.25, 0.3) is 0 Å². The fourth-order valence-electron chi connectivity index (χ4n) is 3.33. The molecule has 0 N–H and O–H groups in total. The van der Waals surface area contributed by atoms with Crippen molar-refractivity contribution in [3.63, 3.8) is 0 Å². The monoisotopic (exact) mass is 600 g/mol. The number of ketones is 1. The SMILES string of the molecule is Br.O=C(c1cccnc1C(Br)c1ccccc1)c1cccnc1C(Br)c1ccccc1. The predicted octanol–water partition coefficient (Wildman–Crippen LogP) is 7.25. The van der Waals surface area contributed by atoms with E-state index in [1.807, 2.05) is 72.8 Å². The summed E-state index contributed by atoms with van der Waals surface area (Å²) in [4.78, 5) is 22.3. The molecule has 0 saturated carbocycles. The lowest BCUT2D eigenvalue weighted by atomic mass is 9.95. The van der Waals surface area contributed by atoms with Crippen LogP contribution in [0.2, 0.25) is 0 Å². The Balaban J connectivity index is 0.00000272. The number of pyridine rings is 2. The zero-order valence-electron chi connectivity index (χ0n) is 16.4. The summed E-state index contributed by atoms with van der Waals surface area (Å²) in [6.07, 6.45) is 3.43. The first kappa shape index (κ1) is 23.5. The highest BCUT2D eigenvalue weighted by atomic mass is 79.9. The van der Waals surface area contributed by atoms with E-state index in [-0.39, 0.29) is 32.4 Å². The molecule has 2 aromatic carbocycles. The number of hydrogen-bond donors (Lipinski definition) is 0. The third-order valence-corrected chi connectivity index (χ3v) is 6.76. The molecule has 4 rings (SSSR count). The molecule has 0 spiro atoms. The van der Waals surface area contributed by atoms with E-state index in [0.29, 0.717) is 22.5 Å². The van der Waals surface area contributed by atoms with Crippen LogP contribution in [0, 0.1) is 0 Å². The highest BCUT2D eigenvalue weighted by Crippen LogP contribution is 2.35. The van der Waals surface area contributed by atoms with Crippen molar-refractivity contribution in [1.29, 1.82) is 0 Å². The van der Waals surface area contributed by atoms with Gasteiger partial charge < -0.3 is 0 Å². The molecule has 0 radical (unpaired) electrons. The minimum atomic E-state index is -0.187. The van der Waals surface area contributed by atoms with Crippen molar-refractivity contribution in [1.82, 2.24) is 9.97 Å². The van der Waals surface area contributed by atoms with Gasteiger partial charge in [-0.15, -0.1) is 17.0 Å². The molecule has 0 fully saturated rings. The van der Waals surface area contributed by atoms with Gasteiger partial charge in [-0.3, -0.25) is 14.8 Å². The Morgan fingerprint density at radius 3 is 1.39 bits per heavy atom. The molecule has 2 unspecified atom stereocenters. The first-order chi connectivity index (χ1) is 14.7.